The van der Waals surface area contributed by atoms with E-state index in [1.807, 2.05) is 6.07 Å². The van der Waals surface area contributed by atoms with Gasteiger partial charge in [-0.15, -0.1) is 0 Å². The minimum absolute atomic E-state index is 0.0297. The molecule has 84 valence electrons. The topological polar surface area (TPSA) is 38.9 Å². The van der Waals surface area contributed by atoms with Gasteiger partial charge >= 0.3 is 0 Å². The molecule has 0 saturated heterocycles. The highest BCUT2D eigenvalue weighted by Crippen LogP contribution is 2.26. The summed E-state index contributed by atoms with van der Waals surface area (Å²) < 4.78 is 0. The lowest BCUT2D eigenvalue weighted by atomic mass is 9.94. The molecule has 1 aromatic rings. The van der Waals surface area contributed by atoms with Crippen LogP contribution in [0.5, 0.6) is 0 Å². The van der Waals surface area contributed by atoms with E-state index < -0.39 is 0 Å². The molecule has 0 aliphatic heterocycles. The van der Waals surface area contributed by atoms with Crippen molar-refractivity contribution in [3.63, 3.8) is 0 Å². The maximum atomic E-state index is 6.11. The Morgan fingerprint density at radius 1 is 1.53 bits per heavy atom. The largest absolute Gasteiger partial charge is 0.324 e. The summed E-state index contributed by atoms with van der Waals surface area (Å²) in [5.41, 5.74) is 7.12. The fraction of sp³-hybridized carbons (Fsp3) is 0.583. The molecule has 1 rings (SSSR count). The Kier molecular flexibility index (Phi) is 5.06. The van der Waals surface area contributed by atoms with Gasteiger partial charge in [0, 0.05) is 18.4 Å². The number of halogens is 1. The van der Waals surface area contributed by atoms with Gasteiger partial charge < -0.3 is 5.73 Å². The monoisotopic (exact) mass is 226 g/mol. The third-order valence-corrected chi connectivity index (χ3v) is 2.96. The van der Waals surface area contributed by atoms with Gasteiger partial charge in [0.05, 0.1) is 5.02 Å². The first-order valence-electron chi connectivity index (χ1n) is 5.50. The van der Waals surface area contributed by atoms with Crippen LogP contribution in [0.15, 0.2) is 18.5 Å². The lowest BCUT2D eigenvalue weighted by molar-refractivity contribution is 0.440. The Morgan fingerprint density at radius 3 is 2.87 bits per heavy atom. The Hall–Kier alpha value is -0.600. The summed E-state index contributed by atoms with van der Waals surface area (Å²) >= 11 is 6.04. The van der Waals surface area contributed by atoms with Crippen molar-refractivity contribution in [2.45, 2.75) is 39.2 Å². The molecule has 0 bridgehead atoms. The number of pyridine rings is 1. The molecule has 0 amide bonds. The molecule has 1 aromatic heterocycles. The molecule has 3 heteroatoms. The Morgan fingerprint density at radius 2 is 2.27 bits per heavy atom. The first-order chi connectivity index (χ1) is 7.15. The van der Waals surface area contributed by atoms with Crippen LogP contribution in [0.4, 0.5) is 0 Å². The van der Waals surface area contributed by atoms with E-state index in [1.54, 1.807) is 12.4 Å². The van der Waals surface area contributed by atoms with E-state index in [-0.39, 0.29) is 6.04 Å². The molecule has 0 spiro atoms. The molecule has 0 aromatic carbocycles. The van der Waals surface area contributed by atoms with Crippen molar-refractivity contribution in [3.8, 4) is 0 Å². The van der Waals surface area contributed by atoms with Gasteiger partial charge in [-0.25, -0.2) is 0 Å². The van der Waals surface area contributed by atoms with Crippen LogP contribution in [0.25, 0.3) is 0 Å². The minimum Gasteiger partial charge on any atom is -0.324 e. The second kappa shape index (κ2) is 6.09. The number of nitrogens with two attached hydrogens (primary N) is 1. The van der Waals surface area contributed by atoms with E-state index >= 15 is 0 Å². The maximum absolute atomic E-state index is 6.11. The van der Waals surface area contributed by atoms with E-state index in [0.29, 0.717) is 10.9 Å². The van der Waals surface area contributed by atoms with Gasteiger partial charge in [-0.2, -0.15) is 0 Å². The lowest BCUT2D eigenvalue weighted by Gasteiger charge is -2.17. The molecule has 1 heterocycles. The molecule has 2 N–H and O–H groups in total. The number of hydrogen-bond donors (Lipinski definition) is 1. The summed E-state index contributed by atoms with van der Waals surface area (Å²) in [7, 11) is 0. The molecule has 0 aliphatic rings. The lowest BCUT2D eigenvalue weighted by Crippen LogP contribution is -2.14. The van der Waals surface area contributed by atoms with Crippen molar-refractivity contribution >= 4 is 11.6 Å². The van der Waals surface area contributed by atoms with Crippen molar-refractivity contribution < 1.29 is 0 Å². The standard InChI is InChI=1S/C12H19ClN2/c1-3-4-9(2)7-12(14)10-5-6-15-8-11(10)13/h5-6,8-9,12H,3-4,7,14H2,1-2H3. The van der Waals surface area contributed by atoms with Gasteiger partial charge in [0.25, 0.3) is 0 Å². The zero-order valence-corrected chi connectivity index (χ0v) is 10.2. The summed E-state index contributed by atoms with van der Waals surface area (Å²) in [5, 5.41) is 0.675. The van der Waals surface area contributed by atoms with Crippen LogP contribution in [-0.4, -0.2) is 4.98 Å². The molecule has 0 fully saturated rings. The third kappa shape index (κ3) is 3.80. The highest BCUT2D eigenvalue weighted by atomic mass is 35.5. The number of hydrogen-bond acceptors (Lipinski definition) is 2. The average Bonchev–Trinajstić information content (AvgIpc) is 2.18. The van der Waals surface area contributed by atoms with Crippen LogP contribution in [0, 0.1) is 5.92 Å². The van der Waals surface area contributed by atoms with Gasteiger partial charge in [0.15, 0.2) is 0 Å². The fourth-order valence-electron chi connectivity index (χ4n) is 1.86. The van der Waals surface area contributed by atoms with E-state index in [4.69, 9.17) is 17.3 Å². The molecule has 0 radical (unpaired) electrons. The number of nitrogens with zero attached hydrogens (tertiary/aromatic N) is 1. The number of aromatic nitrogens is 1. The minimum atomic E-state index is 0.0297. The van der Waals surface area contributed by atoms with Crippen LogP contribution < -0.4 is 5.73 Å². The van der Waals surface area contributed by atoms with Crippen molar-refractivity contribution in [2.75, 3.05) is 0 Å². The zero-order chi connectivity index (χ0) is 11.3. The first kappa shape index (κ1) is 12.5. The van der Waals surface area contributed by atoms with E-state index in [1.165, 1.54) is 12.8 Å². The van der Waals surface area contributed by atoms with Gasteiger partial charge in [0.2, 0.25) is 0 Å². The Balaban J connectivity index is 2.61. The van der Waals surface area contributed by atoms with Crippen LogP contribution in [0.2, 0.25) is 5.02 Å². The highest BCUT2D eigenvalue weighted by Gasteiger charge is 2.13. The summed E-state index contributed by atoms with van der Waals surface area (Å²) in [6, 6.07) is 1.94. The number of rotatable bonds is 5. The first-order valence-corrected chi connectivity index (χ1v) is 5.88. The van der Waals surface area contributed by atoms with Gasteiger partial charge in [0.1, 0.15) is 0 Å². The summed E-state index contributed by atoms with van der Waals surface area (Å²) in [4.78, 5) is 3.96. The molecule has 2 unspecified atom stereocenters. The fourth-order valence-corrected chi connectivity index (χ4v) is 2.12. The average molecular weight is 227 g/mol. The molecule has 15 heavy (non-hydrogen) atoms. The Labute approximate surface area is 96.8 Å². The van der Waals surface area contributed by atoms with Crippen LogP contribution in [0.1, 0.15) is 44.7 Å². The predicted molar refractivity (Wildman–Crippen MR) is 64.9 cm³/mol. The summed E-state index contributed by atoms with van der Waals surface area (Å²) in [5.74, 6) is 0.647. The van der Waals surface area contributed by atoms with Crippen molar-refractivity contribution in [1.29, 1.82) is 0 Å². The molecular formula is C12H19ClN2. The second-order valence-electron chi connectivity index (χ2n) is 4.13. The highest BCUT2D eigenvalue weighted by molar-refractivity contribution is 6.31. The van der Waals surface area contributed by atoms with E-state index in [0.717, 1.165) is 12.0 Å². The molecule has 2 nitrogen and oxygen atoms in total. The van der Waals surface area contributed by atoms with Crippen LogP contribution in [-0.2, 0) is 0 Å². The Bertz CT molecular complexity index is 301. The summed E-state index contributed by atoms with van der Waals surface area (Å²) in [6.07, 6.45) is 6.80. The van der Waals surface area contributed by atoms with Crippen LogP contribution >= 0.6 is 11.6 Å². The smallest absolute Gasteiger partial charge is 0.0637 e. The van der Waals surface area contributed by atoms with Crippen molar-refractivity contribution in [3.05, 3.63) is 29.0 Å². The van der Waals surface area contributed by atoms with E-state index in [2.05, 4.69) is 18.8 Å². The molecule has 0 aliphatic carbocycles. The van der Waals surface area contributed by atoms with Gasteiger partial charge in [-0.05, 0) is 24.0 Å². The zero-order valence-electron chi connectivity index (χ0n) is 9.41. The van der Waals surface area contributed by atoms with Crippen molar-refractivity contribution in [2.24, 2.45) is 11.7 Å². The molecular weight excluding hydrogens is 208 g/mol. The SMILES string of the molecule is CCCC(C)CC(N)c1ccncc1Cl. The molecule has 0 saturated carbocycles. The quantitative estimate of drug-likeness (QED) is 0.834. The third-order valence-electron chi connectivity index (χ3n) is 2.64. The van der Waals surface area contributed by atoms with E-state index in [9.17, 15) is 0 Å². The van der Waals surface area contributed by atoms with Gasteiger partial charge in [-0.1, -0.05) is 38.3 Å². The normalized spacial score (nSPS) is 14.9. The van der Waals surface area contributed by atoms with Crippen LogP contribution in [0.3, 0.4) is 0 Å². The summed E-state index contributed by atoms with van der Waals surface area (Å²) in [6.45, 7) is 4.43. The van der Waals surface area contributed by atoms with Gasteiger partial charge in [-0.3, -0.25) is 4.98 Å². The van der Waals surface area contributed by atoms with Crippen molar-refractivity contribution in [1.82, 2.24) is 4.98 Å². The second-order valence-corrected chi connectivity index (χ2v) is 4.54. The molecule has 2 atom stereocenters. The predicted octanol–water partition coefficient (Wildman–Crippen LogP) is 3.56. The maximum Gasteiger partial charge on any atom is 0.0637 e.